The van der Waals surface area contributed by atoms with Crippen molar-refractivity contribution in [1.82, 2.24) is 5.32 Å². The summed E-state index contributed by atoms with van der Waals surface area (Å²) in [6.07, 6.45) is 5.70. The van der Waals surface area contributed by atoms with Crippen LogP contribution in [-0.2, 0) is 14.3 Å². The predicted octanol–water partition coefficient (Wildman–Crippen LogP) is 3.86. The minimum absolute atomic E-state index is 0.0171. The largest absolute Gasteiger partial charge is 0.502 e. The van der Waals surface area contributed by atoms with Crippen LogP contribution >= 0.6 is 0 Å². The lowest BCUT2D eigenvalue weighted by Crippen LogP contribution is -2.35. The lowest BCUT2D eigenvalue weighted by atomic mass is 9.75. The maximum atomic E-state index is 13.3. The van der Waals surface area contributed by atoms with Crippen LogP contribution in [0.4, 0.5) is 0 Å². The van der Waals surface area contributed by atoms with E-state index in [9.17, 15) is 14.7 Å². The topological polar surface area (TPSA) is 94.1 Å². The number of ketones is 1. The molecule has 31 heavy (non-hydrogen) atoms. The van der Waals surface area contributed by atoms with E-state index in [1.165, 1.54) is 14.2 Å². The molecule has 1 saturated carbocycles. The van der Waals surface area contributed by atoms with Gasteiger partial charge >= 0.3 is 5.97 Å². The number of carbonyl (C=O) groups excluding carboxylic acids is 2. The van der Waals surface area contributed by atoms with Crippen LogP contribution in [0.5, 0.6) is 17.2 Å². The Bertz CT molecular complexity index is 945. The highest BCUT2D eigenvalue weighted by atomic mass is 16.5. The summed E-state index contributed by atoms with van der Waals surface area (Å²) in [7, 11) is 2.90. The lowest BCUT2D eigenvalue weighted by Gasteiger charge is -2.34. The highest BCUT2D eigenvalue weighted by Crippen LogP contribution is 2.47. The number of benzene rings is 1. The summed E-state index contributed by atoms with van der Waals surface area (Å²) in [5.41, 5.74) is 3.20. The van der Waals surface area contributed by atoms with Crippen molar-refractivity contribution in [3.05, 3.63) is 40.2 Å². The molecule has 1 aliphatic heterocycles. The van der Waals surface area contributed by atoms with Crippen molar-refractivity contribution in [2.45, 2.75) is 63.9 Å². The fourth-order valence-corrected chi connectivity index (χ4v) is 4.89. The van der Waals surface area contributed by atoms with E-state index in [1.807, 2.05) is 6.92 Å². The van der Waals surface area contributed by atoms with E-state index in [2.05, 4.69) is 5.32 Å². The molecule has 1 fully saturated rings. The molecule has 0 radical (unpaired) electrons. The minimum atomic E-state index is -0.610. The van der Waals surface area contributed by atoms with Crippen LogP contribution in [0.2, 0.25) is 0 Å². The Labute approximate surface area is 182 Å². The molecule has 0 bridgehead atoms. The zero-order chi connectivity index (χ0) is 22.1. The maximum Gasteiger partial charge on any atom is 0.337 e. The second-order valence-electron chi connectivity index (χ2n) is 8.35. The van der Waals surface area contributed by atoms with Crippen molar-refractivity contribution in [2.24, 2.45) is 0 Å². The standard InChI is InChI=1S/C24H29NO6/c1-13-20(24(28)31-15-7-4-5-8-15)21(22-16(25-13)9-6-10-17(22)26)14-11-18(29-2)23(27)19(12-14)30-3/h11-12,15,21,25,27H,4-10H2,1-3H3. The fourth-order valence-electron chi connectivity index (χ4n) is 4.89. The van der Waals surface area contributed by atoms with Gasteiger partial charge in [-0.3, -0.25) is 4.79 Å². The van der Waals surface area contributed by atoms with Crippen LogP contribution in [0.3, 0.4) is 0 Å². The molecule has 0 aromatic heterocycles. The van der Waals surface area contributed by atoms with E-state index in [4.69, 9.17) is 14.2 Å². The first-order valence-electron chi connectivity index (χ1n) is 10.8. The van der Waals surface area contributed by atoms with Gasteiger partial charge in [0.05, 0.1) is 19.8 Å². The quantitative estimate of drug-likeness (QED) is 0.689. The summed E-state index contributed by atoms with van der Waals surface area (Å²) in [5.74, 6) is -0.677. The zero-order valence-corrected chi connectivity index (χ0v) is 18.2. The molecule has 1 atom stereocenters. The molecule has 0 amide bonds. The number of nitrogens with one attached hydrogen (secondary N) is 1. The van der Waals surface area contributed by atoms with Crippen LogP contribution in [0.25, 0.3) is 0 Å². The number of esters is 1. The summed E-state index contributed by atoms with van der Waals surface area (Å²) in [4.78, 5) is 26.4. The van der Waals surface area contributed by atoms with Gasteiger partial charge in [-0.1, -0.05) is 0 Å². The van der Waals surface area contributed by atoms with E-state index >= 15 is 0 Å². The average molecular weight is 427 g/mol. The number of ether oxygens (including phenoxy) is 3. The minimum Gasteiger partial charge on any atom is -0.502 e. The molecule has 1 heterocycles. The monoisotopic (exact) mass is 427 g/mol. The van der Waals surface area contributed by atoms with Gasteiger partial charge in [-0.25, -0.2) is 4.79 Å². The van der Waals surface area contributed by atoms with Gasteiger partial charge in [0.1, 0.15) is 6.10 Å². The third-order valence-corrected chi connectivity index (χ3v) is 6.41. The molecule has 1 aromatic rings. The lowest BCUT2D eigenvalue weighted by molar-refractivity contribution is -0.144. The molecule has 7 heteroatoms. The second kappa shape index (κ2) is 8.65. The molecular weight excluding hydrogens is 398 g/mol. The normalized spacial score (nSPS) is 21.6. The molecule has 166 valence electrons. The molecule has 1 unspecified atom stereocenters. The van der Waals surface area contributed by atoms with Crippen LogP contribution in [-0.4, -0.2) is 37.2 Å². The van der Waals surface area contributed by atoms with Crippen LogP contribution in [0.15, 0.2) is 34.7 Å². The van der Waals surface area contributed by atoms with E-state index in [0.29, 0.717) is 28.8 Å². The number of phenolic OH excluding ortho intramolecular Hbond substituents is 1. The zero-order valence-electron chi connectivity index (χ0n) is 18.2. The van der Waals surface area contributed by atoms with Crippen molar-refractivity contribution >= 4 is 11.8 Å². The number of allylic oxidation sites excluding steroid dienone is 3. The number of methoxy groups -OCH3 is 2. The van der Waals surface area contributed by atoms with E-state index in [0.717, 1.165) is 44.2 Å². The number of aromatic hydroxyl groups is 1. The molecular formula is C24H29NO6. The van der Waals surface area contributed by atoms with E-state index < -0.39 is 11.9 Å². The summed E-state index contributed by atoms with van der Waals surface area (Å²) >= 11 is 0. The van der Waals surface area contributed by atoms with Gasteiger partial charge in [-0.15, -0.1) is 0 Å². The Morgan fingerprint density at radius 3 is 2.32 bits per heavy atom. The molecule has 2 N–H and O–H groups in total. The van der Waals surface area contributed by atoms with Crippen molar-refractivity contribution in [3.63, 3.8) is 0 Å². The summed E-state index contributed by atoms with van der Waals surface area (Å²) in [6.45, 7) is 1.84. The molecule has 1 aromatic carbocycles. The van der Waals surface area contributed by atoms with Crippen molar-refractivity contribution in [2.75, 3.05) is 14.2 Å². The highest BCUT2D eigenvalue weighted by molar-refractivity contribution is 6.03. The SMILES string of the molecule is COc1cc(C2C(C(=O)OC3CCCC3)=C(C)NC3=C2C(=O)CCC3)cc(OC)c1O. The summed E-state index contributed by atoms with van der Waals surface area (Å²) in [6, 6.07) is 3.33. The first kappa shape index (κ1) is 21.3. The smallest absolute Gasteiger partial charge is 0.337 e. The second-order valence-corrected chi connectivity index (χ2v) is 8.35. The van der Waals surface area contributed by atoms with Crippen LogP contribution < -0.4 is 14.8 Å². The van der Waals surface area contributed by atoms with E-state index in [1.54, 1.807) is 12.1 Å². The average Bonchev–Trinajstić information content (AvgIpc) is 3.26. The van der Waals surface area contributed by atoms with Crippen molar-refractivity contribution in [3.8, 4) is 17.2 Å². The molecule has 7 nitrogen and oxygen atoms in total. The van der Waals surface area contributed by atoms with Crippen molar-refractivity contribution in [1.29, 1.82) is 0 Å². The Morgan fingerprint density at radius 1 is 1.06 bits per heavy atom. The third-order valence-electron chi connectivity index (χ3n) is 6.41. The Balaban J connectivity index is 1.84. The number of hydrogen-bond donors (Lipinski definition) is 2. The molecule has 0 saturated heterocycles. The fraction of sp³-hybridized carbons (Fsp3) is 0.500. The summed E-state index contributed by atoms with van der Waals surface area (Å²) < 4.78 is 16.5. The molecule has 0 spiro atoms. The molecule has 2 aliphatic carbocycles. The number of carbonyl (C=O) groups is 2. The molecule has 3 aliphatic rings. The number of Topliss-reactive ketones (excluding diaryl/α,β-unsaturated/α-hetero) is 1. The van der Waals surface area contributed by atoms with Gasteiger partial charge in [-0.2, -0.15) is 0 Å². The van der Waals surface area contributed by atoms with Crippen LogP contribution in [0.1, 0.15) is 63.4 Å². The van der Waals surface area contributed by atoms with Gasteiger partial charge in [0.2, 0.25) is 5.75 Å². The van der Waals surface area contributed by atoms with Gasteiger partial charge < -0.3 is 24.6 Å². The van der Waals surface area contributed by atoms with Crippen LogP contribution in [0, 0.1) is 0 Å². The van der Waals surface area contributed by atoms with Gasteiger partial charge in [0.25, 0.3) is 0 Å². The Hall–Kier alpha value is -2.96. The number of rotatable bonds is 5. The summed E-state index contributed by atoms with van der Waals surface area (Å²) in [5, 5.41) is 13.7. The Morgan fingerprint density at radius 2 is 1.71 bits per heavy atom. The number of dihydropyridines is 1. The predicted molar refractivity (Wildman–Crippen MR) is 114 cm³/mol. The van der Waals surface area contributed by atoms with Gasteiger partial charge in [0, 0.05) is 29.3 Å². The first-order chi connectivity index (χ1) is 14.9. The Kier molecular flexibility index (Phi) is 5.94. The third kappa shape index (κ3) is 3.89. The van der Waals surface area contributed by atoms with E-state index in [-0.39, 0.29) is 29.1 Å². The highest BCUT2D eigenvalue weighted by Gasteiger charge is 2.40. The van der Waals surface area contributed by atoms with Gasteiger partial charge in [-0.05, 0) is 63.1 Å². The number of hydrogen-bond acceptors (Lipinski definition) is 7. The number of phenols is 1. The van der Waals surface area contributed by atoms with Gasteiger partial charge in [0.15, 0.2) is 17.3 Å². The first-order valence-corrected chi connectivity index (χ1v) is 10.8. The van der Waals surface area contributed by atoms with Crippen molar-refractivity contribution < 1.29 is 28.9 Å². The maximum absolute atomic E-state index is 13.3. The molecule has 4 rings (SSSR count).